The molecule has 3 aromatic carbocycles. The van der Waals surface area contributed by atoms with Crippen molar-refractivity contribution >= 4 is 16.7 Å². The second kappa shape index (κ2) is 7.89. The number of aliphatic hydroxyl groups excluding tert-OH is 1. The van der Waals surface area contributed by atoms with Crippen LogP contribution in [0.4, 0.5) is 5.82 Å². The van der Waals surface area contributed by atoms with E-state index in [1.807, 2.05) is 73.5 Å². The fourth-order valence-electron chi connectivity index (χ4n) is 3.42. The molecule has 0 saturated heterocycles. The van der Waals surface area contributed by atoms with Gasteiger partial charge in [0.1, 0.15) is 11.6 Å². The molecule has 0 spiro atoms. The van der Waals surface area contributed by atoms with Crippen LogP contribution >= 0.6 is 0 Å². The maximum absolute atomic E-state index is 10.7. The number of aliphatic hydroxyl groups is 1. The van der Waals surface area contributed by atoms with E-state index in [9.17, 15) is 10.2 Å². The molecule has 146 valence electrons. The van der Waals surface area contributed by atoms with Gasteiger partial charge in [-0.2, -0.15) is 0 Å². The molecule has 0 saturated carbocycles. The summed E-state index contributed by atoms with van der Waals surface area (Å²) in [5.74, 6) is 1.30. The lowest BCUT2D eigenvalue weighted by molar-refractivity contribution is 0.185. The van der Waals surface area contributed by atoms with Crippen LogP contribution in [0.25, 0.3) is 22.3 Å². The van der Waals surface area contributed by atoms with Crippen LogP contribution in [-0.4, -0.2) is 33.8 Å². The van der Waals surface area contributed by atoms with Gasteiger partial charge in [-0.3, -0.25) is 0 Å². The van der Waals surface area contributed by atoms with Crippen molar-refractivity contribution < 1.29 is 10.2 Å². The third-order valence-corrected chi connectivity index (χ3v) is 4.97. The maximum atomic E-state index is 10.7. The van der Waals surface area contributed by atoms with E-state index in [1.54, 1.807) is 18.2 Å². The SMILES string of the molecule is Cc1ccc2c(N(C)CC(O)c3ccccc3)nc(-c3ccccc3O)nc2c1. The molecule has 0 bridgehead atoms. The molecule has 29 heavy (non-hydrogen) atoms. The van der Waals surface area contributed by atoms with Crippen LogP contribution in [0.15, 0.2) is 72.8 Å². The minimum Gasteiger partial charge on any atom is -0.507 e. The van der Waals surface area contributed by atoms with Crippen molar-refractivity contribution in [3.05, 3.63) is 83.9 Å². The first-order valence-corrected chi connectivity index (χ1v) is 9.54. The molecule has 0 aliphatic heterocycles. The molecule has 5 heteroatoms. The monoisotopic (exact) mass is 385 g/mol. The van der Waals surface area contributed by atoms with Gasteiger partial charge in [-0.05, 0) is 42.3 Å². The van der Waals surface area contributed by atoms with Crippen LogP contribution in [0.3, 0.4) is 0 Å². The van der Waals surface area contributed by atoms with Crippen LogP contribution < -0.4 is 4.90 Å². The molecule has 0 aliphatic carbocycles. The number of benzene rings is 3. The first-order chi connectivity index (χ1) is 14.0. The highest BCUT2D eigenvalue weighted by Gasteiger charge is 2.17. The Morgan fingerprint density at radius 1 is 0.931 bits per heavy atom. The van der Waals surface area contributed by atoms with Gasteiger partial charge in [0.25, 0.3) is 0 Å². The van der Waals surface area contributed by atoms with E-state index in [0.717, 1.165) is 22.0 Å². The quantitative estimate of drug-likeness (QED) is 0.530. The van der Waals surface area contributed by atoms with Gasteiger partial charge in [-0.25, -0.2) is 9.97 Å². The minimum absolute atomic E-state index is 0.137. The smallest absolute Gasteiger partial charge is 0.165 e. The van der Waals surface area contributed by atoms with E-state index >= 15 is 0 Å². The van der Waals surface area contributed by atoms with Crippen molar-refractivity contribution in [2.75, 3.05) is 18.5 Å². The van der Waals surface area contributed by atoms with Crippen molar-refractivity contribution in [2.45, 2.75) is 13.0 Å². The summed E-state index contributed by atoms with van der Waals surface area (Å²) < 4.78 is 0. The predicted molar refractivity (Wildman–Crippen MR) is 116 cm³/mol. The van der Waals surface area contributed by atoms with Crippen molar-refractivity contribution in [2.24, 2.45) is 0 Å². The highest BCUT2D eigenvalue weighted by molar-refractivity contribution is 5.91. The zero-order valence-corrected chi connectivity index (χ0v) is 16.4. The Hall–Kier alpha value is -3.44. The first-order valence-electron chi connectivity index (χ1n) is 9.54. The molecular formula is C24H23N3O2. The molecule has 2 N–H and O–H groups in total. The van der Waals surface area contributed by atoms with E-state index in [-0.39, 0.29) is 5.75 Å². The predicted octanol–water partition coefficient (Wildman–Crippen LogP) is 4.48. The number of aromatic nitrogens is 2. The topological polar surface area (TPSA) is 69.5 Å². The van der Waals surface area contributed by atoms with E-state index in [2.05, 4.69) is 4.98 Å². The lowest BCUT2D eigenvalue weighted by Crippen LogP contribution is -2.25. The first kappa shape index (κ1) is 18.9. The van der Waals surface area contributed by atoms with Gasteiger partial charge in [-0.15, -0.1) is 0 Å². The summed E-state index contributed by atoms with van der Waals surface area (Å²) in [5.41, 5.74) is 3.33. The number of anilines is 1. The van der Waals surface area contributed by atoms with Gasteiger partial charge in [0, 0.05) is 19.0 Å². The zero-order chi connectivity index (χ0) is 20.4. The summed E-state index contributed by atoms with van der Waals surface area (Å²) in [5, 5.41) is 21.9. The number of likely N-dealkylation sites (N-methyl/N-ethyl adjacent to an activating group) is 1. The summed E-state index contributed by atoms with van der Waals surface area (Å²) in [6.07, 6.45) is -0.648. The van der Waals surface area contributed by atoms with Crippen LogP contribution in [0.5, 0.6) is 5.75 Å². The Bertz CT molecular complexity index is 1150. The molecule has 1 heterocycles. The van der Waals surface area contributed by atoms with Crippen molar-refractivity contribution in [1.29, 1.82) is 0 Å². The molecule has 1 unspecified atom stereocenters. The van der Waals surface area contributed by atoms with Gasteiger partial charge in [0.15, 0.2) is 5.82 Å². The highest BCUT2D eigenvalue weighted by Crippen LogP contribution is 2.32. The average molecular weight is 385 g/mol. The van der Waals surface area contributed by atoms with E-state index in [1.165, 1.54) is 0 Å². The maximum Gasteiger partial charge on any atom is 0.165 e. The number of aryl methyl sites for hydroxylation is 1. The van der Waals surface area contributed by atoms with Crippen LogP contribution in [0.2, 0.25) is 0 Å². The molecule has 0 aliphatic rings. The largest absolute Gasteiger partial charge is 0.507 e. The van der Waals surface area contributed by atoms with Gasteiger partial charge in [0.2, 0.25) is 0 Å². The Labute approximate surface area is 169 Å². The number of fused-ring (bicyclic) bond motifs is 1. The van der Waals surface area contributed by atoms with Gasteiger partial charge < -0.3 is 15.1 Å². The fraction of sp³-hybridized carbons (Fsp3) is 0.167. The summed E-state index contributed by atoms with van der Waals surface area (Å²) in [6.45, 7) is 2.40. The number of nitrogens with zero attached hydrogens (tertiary/aromatic N) is 3. The van der Waals surface area contributed by atoms with Crippen LogP contribution in [-0.2, 0) is 0 Å². The average Bonchev–Trinajstić information content (AvgIpc) is 2.73. The number of para-hydroxylation sites is 1. The van der Waals surface area contributed by atoms with E-state index in [4.69, 9.17) is 4.98 Å². The molecular weight excluding hydrogens is 362 g/mol. The Balaban J connectivity index is 1.79. The molecule has 4 aromatic rings. The number of hydrogen-bond donors (Lipinski definition) is 2. The van der Waals surface area contributed by atoms with Crippen LogP contribution in [0, 0.1) is 6.92 Å². The zero-order valence-electron chi connectivity index (χ0n) is 16.4. The fourth-order valence-corrected chi connectivity index (χ4v) is 3.42. The molecule has 0 fully saturated rings. The molecule has 1 atom stereocenters. The van der Waals surface area contributed by atoms with Gasteiger partial charge in [0.05, 0.1) is 17.2 Å². The minimum atomic E-state index is -0.648. The number of hydrogen-bond acceptors (Lipinski definition) is 5. The Kier molecular flexibility index (Phi) is 5.14. The number of phenols is 1. The normalized spacial score (nSPS) is 12.1. The number of aromatic hydroxyl groups is 1. The van der Waals surface area contributed by atoms with Crippen molar-refractivity contribution in [1.82, 2.24) is 9.97 Å². The molecule has 1 aromatic heterocycles. The van der Waals surface area contributed by atoms with Crippen molar-refractivity contribution in [3.8, 4) is 17.1 Å². The lowest BCUT2D eigenvalue weighted by atomic mass is 10.1. The molecule has 4 rings (SSSR count). The third-order valence-electron chi connectivity index (χ3n) is 4.97. The summed E-state index contributed by atoms with van der Waals surface area (Å²) >= 11 is 0. The third kappa shape index (κ3) is 3.91. The number of rotatable bonds is 5. The van der Waals surface area contributed by atoms with Crippen molar-refractivity contribution in [3.63, 3.8) is 0 Å². The summed E-state index contributed by atoms with van der Waals surface area (Å²) in [7, 11) is 1.91. The Morgan fingerprint density at radius 3 is 2.41 bits per heavy atom. The van der Waals surface area contributed by atoms with Gasteiger partial charge >= 0.3 is 0 Å². The summed E-state index contributed by atoms with van der Waals surface area (Å²) in [6, 6.07) is 22.7. The second-order valence-corrected chi connectivity index (χ2v) is 7.22. The van der Waals surface area contributed by atoms with Crippen LogP contribution in [0.1, 0.15) is 17.2 Å². The molecule has 0 amide bonds. The lowest BCUT2D eigenvalue weighted by Gasteiger charge is -2.24. The second-order valence-electron chi connectivity index (χ2n) is 7.22. The molecule has 0 radical (unpaired) electrons. The Morgan fingerprint density at radius 2 is 1.66 bits per heavy atom. The van der Waals surface area contributed by atoms with Gasteiger partial charge in [-0.1, -0.05) is 48.5 Å². The van der Waals surface area contributed by atoms with E-state index < -0.39 is 6.10 Å². The molecule has 5 nitrogen and oxygen atoms in total. The summed E-state index contributed by atoms with van der Waals surface area (Å²) in [4.78, 5) is 11.4. The highest BCUT2D eigenvalue weighted by atomic mass is 16.3. The van der Waals surface area contributed by atoms with E-state index in [0.29, 0.717) is 23.8 Å². The number of phenolic OH excluding ortho intramolecular Hbond substituents is 1. The standard InChI is InChI=1S/C24H23N3O2/c1-16-12-13-18-20(14-16)25-23(19-10-6-7-11-21(19)28)26-24(18)27(2)15-22(29)17-8-4-3-5-9-17/h3-14,22,28-29H,15H2,1-2H3.